The van der Waals surface area contributed by atoms with Gasteiger partial charge in [-0.3, -0.25) is 20.2 Å². The van der Waals surface area contributed by atoms with Gasteiger partial charge in [-0.15, -0.1) is 0 Å². The van der Waals surface area contributed by atoms with Crippen LogP contribution in [0, 0.1) is 10.1 Å². The van der Waals surface area contributed by atoms with Crippen molar-refractivity contribution < 1.29 is 19.2 Å². The monoisotopic (exact) mass is 361 g/mol. The number of nitrogens with zero attached hydrogens (tertiary/aromatic N) is 1. The number of thiocarbonyl (C=S) groups is 1. The minimum absolute atomic E-state index is 0.00845. The molecule has 0 aliphatic rings. The predicted octanol–water partition coefficient (Wildman–Crippen LogP) is 2.50. The number of methoxy groups -OCH3 is 1. The van der Waals surface area contributed by atoms with Gasteiger partial charge in [0.15, 0.2) is 23.2 Å². The van der Waals surface area contributed by atoms with E-state index < -0.39 is 10.8 Å². The molecule has 0 heterocycles. The molecule has 0 aliphatic carbocycles. The van der Waals surface area contributed by atoms with Crippen molar-refractivity contribution in [1.29, 1.82) is 0 Å². The summed E-state index contributed by atoms with van der Waals surface area (Å²) in [6.07, 6.45) is 0. The first-order valence-electron chi connectivity index (χ1n) is 7.10. The van der Waals surface area contributed by atoms with Crippen molar-refractivity contribution in [2.24, 2.45) is 0 Å². The fourth-order valence-electron chi connectivity index (χ4n) is 1.90. The third-order valence-electron chi connectivity index (χ3n) is 3.00. The molecule has 0 aliphatic heterocycles. The van der Waals surface area contributed by atoms with Crippen LogP contribution < -0.4 is 20.1 Å². The Labute approximate surface area is 148 Å². The normalized spacial score (nSPS) is 9.80. The second-order valence-electron chi connectivity index (χ2n) is 4.75. The van der Waals surface area contributed by atoms with Gasteiger partial charge in [-0.25, -0.2) is 0 Å². The molecule has 0 spiro atoms. The number of carbonyl (C=O) groups excluding carboxylic acids is 1. The Balaban J connectivity index is 1.87. The highest BCUT2D eigenvalue weighted by Gasteiger charge is 2.10. The van der Waals surface area contributed by atoms with Gasteiger partial charge < -0.3 is 14.8 Å². The van der Waals surface area contributed by atoms with Crippen LogP contribution in [0.25, 0.3) is 0 Å². The van der Waals surface area contributed by atoms with Gasteiger partial charge in [0.2, 0.25) is 0 Å². The lowest BCUT2D eigenvalue weighted by atomic mass is 10.3. The molecule has 2 N–H and O–H groups in total. The van der Waals surface area contributed by atoms with E-state index in [0.717, 1.165) is 0 Å². The van der Waals surface area contributed by atoms with Crippen molar-refractivity contribution in [3.63, 3.8) is 0 Å². The van der Waals surface area contributed by atoms with Crippen LogP contribution in [0.15, 0.2) is 48.5 Å². The second kappa shape index (κ2) is 8.60. The lowest BCUT2D eigenvalue weighted by Gasteiger charge is -2.12. The summed E-state index contributed by atoms with van der Waals surface area (Å²) in [5.41, 5.74) is 0.309. The van der Waals surface area contributed by atoms with Crippen LogP contribution in [-0.2, 0) is 4.79 Å². The van der Waals surface area contributed by atoms with Crippen molar-refractivity contribution in [2.45, 2.75) is 0 Å². The number of nitrogens with one attached hydrogen (secondary N) is 2. The molecule has 0 atom stereocenters. The standard InChI is InChI=1S/C16H15N3O5S/c1-23-13-7-2-3-8-14(13)24-10-15(20)18-16(25)17-11-5-4-6-12(9-11)19(21)22/h2-9H,10H2,1H3,(H2,17,18,20,25). The molecular weight excluding hydrogens is 346 g/mol. The summed E-state index contributed by atoms with van der Waals surface area (Å²) in [6.45, 7) is -0.267. The third kappa shape index (κ3) is 5.43. The molecule has 9 heteroatoms. The first-order chi connectivity index (χ1) is 12.0. The zero-order chi connectivity index (χ0) is 18.2. The van der Waals surface area contributed by atoms with E-state index in [1.165, 1.54) is 25.3 Å². The number of non-ortho nitro benzene ring substituents is 1. The summed E-state index contributed by atoms with van der Waals surface area (Å²) >= 11 is 5.01. The molecule has 2 aromatic carbocycles. The lowest BCUT2D eigenvalue weighted by molar-refractivity contribution is -0.384. The summed E-state index contributed by atoms with van der Waals surface area (Å²) in [6, 6.07) is 12.7. The number of carbonyl (C=O) groups is 1. The van der Waals surface area contributed by atoms with Crippen LogP contribution in [0.2, 0.25) is 0 Å². The Kier molecular flexibility index (Phi) is 6.24. The van der Waals surface area contributed by atoms with E-state index in [4.69, 9.17) is 21.7 Å². The lowest BCUT2D eigenvalue weighted by Crippen LogP contribution is -2.37. The van der Waals surface area contributed by atoms with Crippen LogP contribution in [0.4, 0.5) is 11.4 Å². The predicted molar refractivity (Wildman–Crippen MR) is 95.9 cm³/mol. The minimum atomic E-state index is -0.520. The third-order valence-corrected chi connectivity index (χ3v) is 3.20. The molecule has 0 unspecified atom stereocenters. The maximum absolute atomic E-state index is 11.9. The summed E-state index contributed by atoms with van der Waals surface area (Å²) < 4.78 is 10.5. The zero-order valence-electron chi connectivity index (χ0n) is 13.2. The Hall–Kier alpha value is -3.20. The van der Waals surface area contributed by atoms with E-state index in [1.807, 2.05) is 0 Å². The maximum Gasteiger partial charge on any atom is 0.271 e. The molecular formula is C16H15N3O5S. The van der Waals surface area contributed by atoms with Crippen LogP contribution in [0.1, 0.15) is 0 Å². The molecule has 0 fully saturated rings. The SMILES string of the molecule is COc1ccccc1OCC(=O)NC(=S)Nc1cccc([N+](=O)[O-])c1. The number of ether oxygens (including phenoxy) is 2. The first-order valence-corrected chi connectivity index (χ1v) is 7.51. The highest BCUT2D eigenvalue weighted by molar-refractivity contribution is 7.80. The molecule has 0 bridgehead atoms. The minimum Gasteiger partial charge on any atom is -0.493 e. The van der Waals surface area contributed by atoms with E-state index in [0.29, 0.717) is 17.2 Å². The molecule has 1 amide bonds. The Morgan fingerprint density at radius 1 is 1.20 bits per heavy atom. The number of hydrogen-bond acceptors (Lipinski definition) is 6. The number of nitro benzene ring substituents is 1. The van der Waals surface area contributed by atoms with E-state index in [9.17, 15) is 14.9 Å². The number of anilines is 1. The molecule has 0 saturated carbocycles. The van der Waals surface area contributed by atoms with Gasteiger partial charge in [0.1, 0.15) is 0 Å². The molecule has 25 heavy (non-hydrogen) atoms. The van der Waals surface area contributed by atoms with E-state index in [-0.39, 0.29) is 17.4 Å². The molecule has 2 aromatic rings. The quantitative estimate of drug-likeness (QED) is 0.463. The number of rotatable bonds is 6. The summed E-state index contributed by atoms with van der Waals surface area (Å²) in [5, 5.41) is 15.9. The van der Waals surface area contributed by atoms with Crippen molar-refractivity contribution in [3.05, 3.63) is 58.6 Å². The van der Waals surface area contributed by atoms with E-state index >= 15 is 0 Å². The van der Waals surface area contributed by atoms with Crippen LogP contribution in [0.5, 0.6) is 11.5 Å². The molecule has 130 valence electrons. The fraction of sp³-hybridized carbons (Fsp3) is 0.125. The largest absolute Gasteiger partial charge is 0.493 e. The van der Waals surface area contributed by atoms with Gasteiger partial charge in [0.05, 0.1) is 12.0 Å². The van der Waals surface area contributed by atoms with Gasteiger partial charge in [0.25, 0.3) is 11.6 Å². The van der Waals surface area contributed by atoms with Crippen molar-refractivity contribution in [3.8, 4) is 11.5 Å². The number of amides is 1. The van der Waals surface area contributed by atoms with Gasteiger partial charge in [-0.05, 0) is 30.4 Å². The molecule has 0 saturated heterocycles. The van der Waals surface area contributed by atoms with Crippen molar-refractivity contribution in [2.75, 3.05) is 19.0 Å². The van der Waals surface area contributed by atoms with Crippen molar-refractivity contribution in [1.82, 2.24) is 5.32 Å². The average Bonchev–Trinajstić information content (AvgIpc) is 2.60. The van der Waals surface area contributed by atoms with Gasteiger partial charge in [0, 0.05) is 17.8 Å². The number of hydrogen-bond donors (Lipinski definition) is 2. The van der Waals surface area contributed by atoms with Crippen LogP contribution in [-0.4, -0.2) is 29.7 Å². The Morgan fingerprint density at radius 3 is 2.60 bits per heavy atom. The Bertz CT molecular complexity index is 797. The summed E-state index contributed by atoms with van der Waals surface area (Å²) in [7, 11) is 1.50. The van der Waals surface area contributed by atoms with E-state index in [1.54, 1.807) is 30.3 Å². The van der Waals surface area contributed by atoms with Gasteiger partial charge >= 0.3 is 0 Å². The average molecular weight is 361 g/mol. The molecule has 0 radical (unpaired) electrons. The van der Waals surface area contributed by atoms with E-state index in [2.05, 4.69) is 10.6 Å². The maximum atomic E-state index is 11.9. The summed E-state index contributed by atoms with van der Waals surface area (Å²) in [4.78, 5) is 22.1. The smallest absolute Gasteiger partial charge is 0.271 e. The van der Waals surface area contributed by atoms with Gasteiger partial charge in [-0.1, -0.05) is 18.2 Å². The number of nitro groups is 1. The van der Waals surface area contributed by atoms with Crippen LogP contribution >= 0.6 is 12.2 Å². The number of para-hydroxylation sites is 2. The Morgan fingerprint density at radius 2 is 1.92 bits per heavy atom. The topological polar surface area (TPSA) is 103 Å². The zero-order valence-corrected chi connectivity index (χ0v) is 14.0. The van der Waals surface area contributed by atoms with Crippen molar-refractivity contribution >= 4 is 34.6 Å². The molecule has 8 nitrogen and oxygen atoms in total. The first kappa shape index (κ1) is 18.1. The highest BCUT2D eigenvalue weighted by Crippen LogP contribution is 2.25. The molecule has 2 rings (SSSR count). The molecule has 0 aromatic heterocycles. The number of benzene rings is 2. The highest BCUT2D eigenvalue weighted by atomic mass is 32.1. The van der Waals surface area contributed by atoms with Gasteiger partial charge in [-0.2, -0.15) is 0 Å². The summed E-state index contributed by atoms with van der Waals surface area (Å²) in [5.74, 6) is 0.458. The fourth-order valence-corrected chi connectivity index (χ4v) is 2.14. The second-order valence-corrected chi connectivity index (χ2v) is 5.16. The van der Waals surface area contributed by atoms with Crippen LogP contribution in [0.3, 0.4) is 0 Å².